The second kappa shape index (κ2) is 8.86. The molecule has 1 atom stereocenters. The summed E-state index contributed by atoms with van der Waals surface area (Å²) in [5.41, 5.74) is 8.12. The number of sulfonamides is 1. The second-order valence-corrected chi connectivity index (χ2v) is 9.14. The Morgan fingerprint density at radius 3 is 2.50 bits per heavy atom. The van der Waals surface area contributed by atoms with Gasteiger partial charge in [-0.2, -0.15) is 13.9 Å². The van der Waals surface area contributed by atoms with Crippen LogP contribution < -0.4 is 15.2 Å². The van der Waals surface area contributed by atoms with E-state index in [-0.39, 0.29) is 17.3 Å². The van der Waals surface area contributed by atoms with Crippen molar-refractivity contribution >= 4 is 32.4 Å². The summed E-state index contributed by atoms with van der Waals surface area (Å²) in [6.07, 6.45) is 0.877. The van der Waals surface area contributed by atoms with Crippen molar-refractivity contribution in [2.45, 2.75) is 18.8 Å². The number of hydrogen-bond acceptors (Lipinski definition) is 6. The van der Waals surface area contributed by atoms with E-state index in [4.69, 9.17) is 10.5 Å². The van der Waals surface area contributed by atoms with Gasteiger partial charge >= 0.3 is 5.76 Å². The Kier molecular flexibility index (Phi) is 6.09. The highest BCUT2D eigenvalue weighted by Gasteiger charge is 2.26. The van der Waals surface area contributed by atoms with E-state index in [1.54, 1.807) is 30.9 Å². The SMILES string of the molecule is C[C@H](Oc1cc(-c2nn(C)c3ccnc(N)c23)ccc1NS(=O)(=O)C(F)F)c1ccc(F)cc1. The van der Waals surface area contributed by atoms with Crippen LogP contribution in [-0.4, -0.2) is 28.9 Å². The molecule has 0 aliphatic heterocycles. The van der Waals surface area contributed by atoms with Gasteiger partial charge in [-0.05, 0) is 42.8 Å². The van der Waals surface area contributed by atoms with Crippen LogP contribution in [0.5, 0.6) is 5.75 Å². The third-order valence-electron chi connectivity index (χ3n) is 5.18. The largest absolute Gasteiger partial charge is 0.484 e. The number of pyridine rings is 1. The fourth-order valence-electron chi connectivity index (χ4n) is 3.48. The molecule has 4 aromatic rings. The number of nitrogens with two attached hydrogens (primary N) is 1. The Balaban J connectivity index is 1.81. The summed E-state index contributed by atoms with van der Waals surface area (Å²) >= 11 is 0. The highest BCUT2D eigenvalue weighted by molar-refractivity contribution is 7.93. The first-order valence-electron chi connectivity index (χ1n) is 10.0. The van der Waals surface area contributed by atoms with E-state index in [0.29, 0.717) is 27.7 Å². The van der Waals surface area contributed by atoms with E-state index < -0.39 is 27.7 Å². The van der Waals surface area contributed by atoms with Crippen LogP contribution in [0, 0.1) is 5.82 Å². The molecule has 0 saturated carbocycles. The Morgan fingerprint density at radius 1 is 1.12 bits per heavy atom. The minimum absolute atomic E-state index is 0.0279. The van der Waals surface area contributed by atoms with Gasteiger partial charge in [0.25, 0.3) is 10.0 Å². The van der Waals surface area contributed by atoms with E-state index in [0.717, 1.165) is 0 Å². The van der Waals surface area contributed by atoms with E-state index in [9.17, 15) is 21.6 Å². The molecule has 0 amide bonds. The lowest BCUT2D eigenvalue weighted by Gasteiger charge is -2.19. The van der Waals surface area contributed by atoms with Crippen molar-refractivity contribution in [3.8, 4) is 17.0 Å². The van der Waals surface area contributed by atoms with Crippen molar-refractivity contribution in [2.24, 2.45) is 7.05 Å². The molecule has 0 aliphatic rings. The summed E-state index contributed by atoms with van der Waals surface area (Å²) in [4.78, 5) is 4.10. The third-order valence-corrected chi connectivity index (χ3v) is 6.15. The topological polar surface area (TPSA) is 112 Å². The van der Waals surface area contributed by atoms with Gasteiger partial charge in [-0.3, -0.25) is 9.40 Å². The molecule has 2 aromatic carbocycles. The van der Waals surface area contributed by atoms with Crippen molar-refractivity contribution < 1.29 is 26.3 Å². The van der Waals surface area contributed by atoms with Crippen LogP contribution in [0.25, 0.3) is 22.2 Å². The van der Waals surface area contributed by atoms with Gasteiger partial charge in [-0.25, -0.2) is 17.8 Å². The lowest BCUT2D eigenvalue weighted by molar-refractivity contribution is 0.228. The maximum atomic E-state index is 13.3. The summed E-state index contributed by atoms with van der Waals surface area (Å²) in [5, 5.41) is 5.05. The van der Waals surface area contributed by atoms with Gasteiger partial charge in [0.1, 0.15) is 29.2 Å². The molecule has 0 aliphatic carbocycles. The number of fused-ring (bicyclic) bond motifs is 1. The highest BCUT2D eigenvalue weighted by atomic mass is 32.2. The van der Waals surface area contributed by atoms with Crippen LogP contribution >= 0.6 is 0 Å². The van der Waals surface area contributed by atoms with Gasteiger partial charge < -0.3 is 10.5 Å². The average molecular weight is 491 g/mol. The van der Waals surface area contributed by atoms with Crippen molar-refractivity contribution in [1.82, 2.24) is 14.8 Å². The number of aryl methyl sites for hydroxylation is 1. The minimum Gasteiger partial charge on any atom is -0.484 e. The molecule has 0 fully saturated rings. The molecule has 3 N–H and O–H groups in total. The van der Waals surface area contributed by atoms with Crippen LogP contribution in [0.1, 0.15) is 18.6 Å². The smallest absolute Gasteiger partial charge is 0.355 e. The first-order valence-corrected chi connectivity index (χ1v) is 11.5. The quantitative estimate of drug-likeness (QED) is 0.395. The van der Waals surface area contributed by atoms with E-state index in [1.165, 1.54) is 42.5 Å². The zero-order chi connectivity index (χ0) is 24.6. The summed E-state index contributed by atoms with van der Waals surface area (Å²) in [6.45, 7) is 1.66. The van der Waals surface area contributed by atoms with Crippen LogP contribution in [0.4, 0.5) is 24.7 Å². The predicted molar refractivity (Wildman–Crippen MR) is 122 cm³/mol. The molecular weight excluding hydrogens is 471 g/mol. The zero-order valence-corrected chi connectivity index (χ0v) is 18.9. The molecule has 178 valence electrons. The van der Waals surface area contributed by atoms with Crippen LogP contribution in [0.15, 0.2) is 54.7 Å². The molecule has 0 radical (unpaired) electrons. The molecule has 0 spiro atoms. The van der Waals surface area contributed by atoms with Crippen LogP contribution in [0.2, 0.25) is 0 Å². The molecule has 8 nitrogen and oxygen atoms in total. The van der Waals surface area contributed by atoms with E-state index >= 15 is 0 Å². The van der Waals surface area contributed by atoms with Crippen molar-refractivity contribution in [3.63, 3.8) is 0 Å². The fourth-order valence-corrected chi connectivity index (χ4v) is 4.04. The maximum Gasteiger partial charge on any atom is 0.355 e. The van der Waals surface area contributed by atoms with Gasteiger partial charge in [-0.1, -0.05) is 18.2 Å². The molecule has 0 saturated heterocycles. The normalized spacial score (nSPS) is 12.8. The lowest BCUT2D eigenvalue weighted by atomic mass is 10.1. The van der Waals surface area contributed by atoms with Gasteiger partial charge in [0.05, 0.1) is 16.6 Å². The summed E-state index contributed by atoms with van der Waals surface area (Å²) < 4.78 is 72.3. The van der Waals surface area contributed by atoms with Gasteiger partial charge in [0, 0.05) is 18.8 Å². The molecule has 0 unspecified atom stereocenters. The van der Waals surface area contributed by atoms with Crippen molar-refractivity contribution in [1.29, 1.82) is 0 Å². The first kappa shape index (κ1) is 23.4. The van der Waals surface area contributed by atoms with Crippen molar-refractivity contribution in [3.05, 3.63) is 66.1 Å². The highest BCUT2D eigenvalue weighted by Crippen LogP contribution is 2.37. The molecule has 34 heavy (non-hydrogen) atoms. The maximum absolute atomic E-state index is 13.3. The monoisotopic (exact) mass is 491 g/mol. The van der Waals surface area contributed by atoms with E-state index in [1.807, 2.05) is 4.72 Å². The minimum atomic E-state index is -4.96. The third kappa shape index (κ3) is 4.49. The number of hydrogen-bond donors (Lipinski definition) is 2. The van der Waals surface area contributed by atoms with Gasteiger partial charge in [0.15, 0.2) is 0 Å². The second-order valence-electron chi connectivity index (χ2n) is 7.49. The summed E-state index contributed by atoms with van der Waals surface area (Å²) in [5.74, 6) is -3.86. The Labute approximate surface area is 193 Å². The number of nitrogens with one attached hydrogen (secondary N) is 1. The number of alkyl halides is 2. The number of nitrogen functional groups attached to an aromatic ring is 1. The standard InChI is InChI=1S/C22H20F3N5O3S/c1-12(13-3-6-15(23)7-4-13)33-18-11-14(5-8-16(18)29-34(31,32)22(24)25)20-19-17(30(2)28-20)9-10-27-21(19)26/h3-12,22,29H,1-2H3,(H2,26,27)/t12-/m0/s1. The molecule has 2 aromatic heterocycles. The molecule has 12 heteroatoms. The first-order chi connectivity index (χ1) is 16.1. The zero-order valence-electron chi connectivity index (χ0n) is 18.0. The number of halogens is 3. The number of anilines is 2. The number of ether oxygens (including phenoxy) is 1. The summed E-state index contributed by atoms with van der Waals surface area (Å²) in [7, 11) is -3.23. The van der Waals surface area contributed by atoms with Crippen LogP contribution in [0.3, 0.4) is 0 Å². The van der Waals surface area contributed by atoms with E-state index in [2.05, 4.69) is 10.1 Å². The molecule has 4 rings (SSSR count). The number of aromatic nitrogens is 3. The predicted octanol–water partition coefficient (Wildman–Crippen LogP) is 4.46. The number of benzene rings is 2. The van der Waals surface area contributed by atoms with Crippen molar-refractivity contribution in [2.75, 3.05) is 10.5 Å². The average Bonchev–Trinajstić information content (AvgIpc) is 3.13. The number of nitrogens with zero attached hydrogens (tertiary/aromatic N) is 3. The van der Waals surface area contributed by atoms with Crippen LogP contribution in [-0.2, 0) is 17.1 Å². The Hall–Kier alpha value is -3.80. The van der Waals surface area contributed by atoms with Gasteiger partial charge in [-0.15, -0.1) is 0 Å². The Morgan fingerprint density at radius 2 is 1.82 bits per heavy atom. The molecular formula is C22H20F3N5O3S. The fraction of sp³-hybridized carbons (Fsp3) is 0.182. The number of rotatable bonds is 7. The lowest BCUT2D eigenvalue weighted by Crippen LogP contribution is -2.21. The Bertz CT molecular complexity index is 1460. The van der Waals surface area contributed by atoms with Gasteiger partial charge in [0.2, 0.25) is 0 Å². The summed E-state index contributed by atoms with van der Waals surface area (Å²) in [6, 6.07) is 11.5. The molecule has 2 heterocycles. The molecule has 0 bridgehead atoms.